The summed E-state index contributed by atoms with van der Waals surface area (Å²) in [5, 5.41) is 3.84. The Hall–Kier alpha value is -0.540. The Labute approximate surface area is 114 Å². The molecule has 2 unspecified atom stereocenters. The van der Waals surface area contributed by atoms with Gasteiger partial charge >= 0.3 is 0 Å². The maximum Gasteiger partial charge on any atom is 0.136 e. The predicted octanol–water partition coefficient (Wildman–Crippen LogP) is 4.08. The van der Waals surface area contributed by atoms with Crippen molar-refractivity contribution in [3.63, 3.8) is 0 Å². The van der Waals surface area contributed by atoms with Gasteiger partial charge in [-0.1, -0.05) is 26.0 Å². The summed E-state index contributed by atoms with van der Waals surface area (Å²) in [5.74, 6) is -0.0965. The highest BCUT2D eigenvalue weighted by atomic mass is 32.2. The van der Waals surface area contributed by atoms with Gasteiger partial charge in [0, 0.05) is 16.2 Å². The molecule has 0 spiro atoms. The predicted molar refractivity (Wildman–Crippen MR) is 76.5 cm³/mol. The summed E-state index contributed by atoms with van der Waals surface area (Å²) in [5.41, 5.74) is 0.371. The SMILES string of the molecule is CNC1CCC(C)(C)CC1Sc1ccccc1F. The number of thioether (sulfide) groups is 1. The van der Waals surface area contributed by atoms with E-state index in [1.807, 2.05) is 19.2 Å². The fourth-order valence-corrected chi connectivity index (χ4v) is 4.31. The fourth-order valence-electron chi connectivity index (χ4n) is 2.68. The van der Waals surface area contributed by atoms with E-state index < -0.39 is 0 Å². The fraction of sp³-hybridized carbons (Fsp3) is 0.600. The van der Waals surface area contributed by atoms with Crippen molar-refractivity contribution in [2.24, 2.45) is 5.41 Å². The van der Waals surface area contributed by atoms with E-state index in [4.69, 9.17) is 0 Å². The van der Waals surface area contributed by atoms with Crippen LogP contribution in [0.2, 0.25) is 0 Å². The molecule has 100 valence electrons. The molecule has 2 rings (SSSR count). The topological polar surface area (TPSA) is 12.0 Å². The smallest absolute Gasteiger partial charge is 0.136 e. The van der Waals surface area contributed by atoms with Gasteiger partial charge in [0.05, 0.1) is 0 Å². The van der Waals surface area contributed by atoms with Crippen molar-refractivity contribution in [3.05, 3.63) is 30.1 Å². The van der Waals surface area contributed by atoms with Crippen LogP contribution >= 0.6 is 11.8 Å². The van der Waals surface area contributed by atoms with Gasteiger partial charge in [0.25, 0.3) is 0 Å². The van der Waals surface area contributed by atoms with Gasteiger partial charge in [0.2, 0.25) is 0 Å². The zero-order valence-electron chi connectivity index (χ0n) is 11.4. The van der Waals surface area contributed by atoms with Gasteiger partial charge in [-0.2, -0.15) is 0 Å². The third kappa shape index (κ3) is 3.27. The molecule has 1 aromatic rings. The zero-order chi connectivity index (χ0) is 13.2. The molecule has 0 heterocycles. The minimum Gasteiger partial charge on any atom is -0.316 e. The molecule has 1 aromatic carbocycles. The molecule has 0 aliphatic heterocycles. The first-order valence-corrected chi connectivity index (χ1v) is 7.48. The van der Waals surface area contributed by atoms with Crippen LogP contribution in [0, 0.1) is 11.2 Å². The van der Waals surface area contributed by atoms with Crippen LogP contribution in [0.1, 0.15) is 33.1 Å². The molecule has 1 saturated carbocycles. The third-order valence-corrected chi connectivity index (χ3v) is 5.20. The molecule has 0 amide bonds. The summed E-state index contributed by atoms with van der Waals surface area (Å²) in [4.78, 5) is 0.778. The number of benzene rings is 1. The van der Waals surface area contributed by atoms with Crippen LogP contribution < -0.4 is 5.32 Å². The maximum atomic E-state index is 13.7. The van der Waals surface area contributed by atoms with Crippen molar-refractivity contribution in [2.45, 2.75) is 49.3 Å². The van der Waals surface area contributed by atoms with Gasteiger partial charge in [-0.05, 0) is 43.9 Å². The van der Waals surface area contributed by atoms with E-state index >= 15 is 0 Å². The van der Waals surface area contributed by atoms with Crippen molar-refractivity contribution >= 4 is 11.8 Å². The van der Waals surface area contributed by atoms with Crippen molar-refractivity contribution in [1.82, 2.24) is 5.32 Å². The summed E-state index contributed by atoms with van der Waals surface area (Å²) >= 11 is 1.69. The van der Waals surface area contributed by atoms with Crippen LogP contribution in [-0.4, -0.2) is 18.3 Å². The molecule has 1 nitrogen and oxygen atoms in total. The summed E-state index contributed by atoms with van der Waals surface area (Å²) < 4.78 is 13.7. The summed E-state index contributed by atoms with van der Waals surface area (Å²) in [6.07, 6.45) is 3.56. The van der Waals surface area contributed by atoms with E-state index in [2.05, 4.69) is 19.2 Å². The lowest BCUT2D eigenvalue weighted by Gasteiger charge is -2.40. The minimum absolute atomic E-state index is 0.0965. The van der Waals surface area contributed by atoms with Crippen molar-refractivity contribution in [1.29, 1.82) is 0 Å². The number of hydrogen-bond donors (Lipinski definition) is 1. The summed E-state index contributed by atoms with van der Waals surface area (Å²) in [6.45, 7) is 4.63. The van der Waals surface area contributed by atoms with E-state index in [0.29, 0.717) is 16.7 Å². The van der Waals surface area contributed by atoms with E-state index in [-0.39, 0.29) is 5.82 Å². The summed E-state index contributed by atoms with van der Waals surface area (Å²) in [6, 6.07) is 7.58. The third-order valence-electron chi connectivity index (χ3n) is 3.82. The minimum atomic E-state index is -0.0965. The highest BCUT2D eigenvalue weighted by molar-refractivity contribution is 8.00. The lowest BCUT2D eigenvalue weighted by molar-refractivity contribution is 0.218. The van der Waals surface area contributed by atoms with Crippen LogP contribution in [0.15, 0.2) is 29.2 Å². The van der Waals surface area contributed by atoms with Gasteiger partial charge in [0.1, 0.15) is 5.82 Å². The number of hydrogen-bond acceptors (Lipinski definition) is 2. The first-order chi connectivity index (χ1) is 8.52. The van der Waals surface area contributed by atoms with Gasteiger partial charge in [-0.3, -0.25) is 0 Å². The first-order valence-electron chi connectivity index (χ1n) is 6.60. The molecule has 0 saturated heterocycles. The number of halogens is 1. The zero-order valence-corrected chi connectivity index (χ0v) is 12.2. The van der Waals surface area contributed by atoms with E-state index in [9.17, 15) is 4.39 Å². The molecule has 1 aliphatic rings. The highest BCUT2D eigenvalue weighted by Crippen LogP contribution is 2.42. The van der Waals surface area contributed by atoms with Gasteiger partial charge < -0.3 is 5.32 Å². The second kappa shape index (κ2) is 5.62. The molecular formula is C15H22FNS. The standard InChI is InChI=1S/C15H22FNS/c1-15(2)9-8-12(17-3)14(10-15)18-13-7-5-4-6-11(13)16/h4-7,12,14,17H,8-10H2,1-3H3. The second-order valence-corrected chi connectivity index (χ2v) is 7.17. The van der Waals surface area contributed by atoms with E-state index in [1.165, 1.54) is 12.8 Å². The average Bonchev–Trinajstić information content (AvgIpc) is 2.31. The van der Waals surface area contributed by atoms with Crippen LogP contribution in [0.4, 0.5) is 4.39 Å². The lowest BCUT2D eigenvalue weighted by atomic mass is 9.75. The van der Waals surface area contributed by atoms with Gasteiger partial charge in [-0.25, -0.2) is 4.39 Å². The first kappa shape index (κ1) is 13.9. The molecule has 1 aliphatic carbocycles. The monoisotopic (exact) mass is 267 g/mol. The summed E-state index contributed by atoms with van der Waals surface area (Å²) in [7, 11) is 2.01. The van der Waals surface area contributed by atoms with Crippen LogP contribution in [0.5, 0.6) is 0 Å². The van der Waals surface area contributed by atoms with Crippen molar-refractivity contribution in [2.75, 3.05) is 7.05 Å². The molecule has 2 atom stereocenters. The number of nitrogens with one attached hydrogen (secondary N) is 1. The largest absolute Gasteiger partial charge is 0.316 e. The maximum absolute atomic E-state index is 13.7. The Morgan fingerprint density at radius 3 is 2.72 bits per heavy atom. The van der Waals surface area contributed by atoms with E-state index in [1.54, 1.807) is 23.9 Å². The van der Waals surface area contributed by atoms with Crippen molar-refractivity contribution < 1.29 is 4.39 Å². The quantitative estimate of drug-likeness (QED) is 0.885. The lowest BCUT2D eigenvalue weighted by Crippen LogP contribution is -2.43. The van der Waals surface area contributed by atoms with Crippen LogP contribution in [0.3, 0.4) is 0 Å². The molecule has 0 bridgehead atoms. The molecule has 3 heteroatoms. The van der Waals surface area contributed by atoms with E-state index in [0.717, 1.165) is 11.3 Å². The van der Waals surface area contributed by atoms with Crippen LogP contribution in [-0.2, 0) is 0 Å². The van der Waals surface area contributed by atoms with Gasteiger partial charge in [0.15, 0.2) is 0 Å². The molecular weight excluding hydrogens is 245 g/mol. The molecule has 18 heavy (non-hydrogen) atoms. The normalized spacial score (nSPS) is 27.1. The van der Waals surface area contributed by atoms with Crippen LogP contribution in [0.25, 0.3) is 0 Å². The Bertz CT molecular complexity index is 405. The Morgan fingerprint density at radius 1 is 1.33 bits per heavy atom. The molecule has 0 radical (unpaired) electrons. The Kier molecular flexibility index (Phi) is 4.33. The van der Waals surface area contributed by atoms with Gasteiger partial charge in [-0.15, -0.1) is 11.8 Å². The molecule has 0 aromatic heterocycles. The Balaban J connectivity index is 2.12. The Morgan fingerprint density at radius 2 is 2.06 bits per heavy atom. The van der Waals surface area contributed by atoms with Crippen molar-refractivity contribution in [3.8, 4) is 0 Å². The molecule has 1 fully saturated rings. The average molecular weight is 267 g/mol. The number of rotatable bonds is 3. The molecule has 1 N–H and O–H groups in total. The highest BCUT2D eigenvalue weighted by Gasteiger charge is 2.34. The second-order valence-electron chi connectivity index (χ2n) is 5.89.